The molecule has 1 aliphatic heterocycles. The first-order valence-electron chi connectivity index (χ1n) is 9.60. The fourth-order valence-corrected chi connectivity index (χ4v) is 3.98. The molecule has 2 amide bonds. The van der Waals surface area contributed by atoms with Crippen LogP contribution in [-0.2, 0) is 16.1 Å². The van der Waals surface area contributed by atoms with Crippen molar-refractivity contribution in [3.8, 4) is 0 Å². The number of anilines is 1. The lowest BCUT2D eigenvalue weighted by molar-refractivity contribution is -0.117. The van der Waals surface area contributed by atoms with E-state index in [2.05, 4.69) is 35.1 Å². The lowest BCUT2D eigenvalue weighted by Crippen LogP contribution is -2.35. The molecule has 0 spiro atoms. The molecular weight excluding hydrogens is 362 g/mol. The van der Waals surface area contributed by atoms with Gasteiger partial charge in [0.15, 0.2) is 0 Å². The van der Waals surface area contributed by atoms with E-state index in [4.69, 9.17) is 0 Å². The Morgan fingerprint density at radius 1 is 0.862 bits per heavy atom. The number of nitrogens with zero attached hydrogens (tertiary/aromatic N) is 2. The van der Waals surface area contributed by atoms with Gasteiger partial charge < -0.3 is 4.57 Å². The van der Waals surface area contributed by atoms with E-state index in [0.717, 1.165) is 28.4 Å². The van der Waals surface area contributed by atoms with Gasteiger partial charge in [-0.1, -0.05) is 42.5 Å². The van der Waals surface area contributed by atoms with E-state index in [1.165, 1.54) is 10.5 Å². The second-order valence-electron chi connectivity index (χ2n) is 7.01. The summed E-state index contributed by atoms with van der Waals surface area (Å²) in [6, 6.07) is 23.4. The standard InChI is InChI=1S/C24H19N3O2/c1-2-26-21-11-7-6-10-18(21)19-14-16(12-13-22(19)26)15-20-23(28)25-27(24(20)29)17-8-4-3-5-9-17/h3-15H,2H2,1H3,(H,25,28)/b20-15-. The Kier molecular flexibility index (Phi) is 3.95. The third-order valence-electron chi connectivity index (χ3n) is 5.33. The van der Waals surface area contributed by atoms with Crippen molar-refractivity contribution in [3.05, 3.63) is 83.9 Å². The summed E-state index contributed by atoms with van der Waals surface area (Å²) in [4.78, 5) is 25.3. The summed E-state index contributed by atoms with van der Waals surface area (Å²) in [5.41, 5.74) is 6.56. The average molecular weight is 381 g/mol. The van der Waals surface area contributed by atoms with Crippen molar-refractivity contribution in [1.29, 1.82) is 0 Å². The van der Waals surface area contributed by atoms with Gasteiger partial charge in [-0.2, -0.15) is 0 Å². The van der Waals surface area contributed by atoms with E-state index in [1.807, 2.05) is 42.5 Å². The smallest absolute Gasteiger partial charge is 0.282 e. The number of hydrogen-bond donors (Lipinski definition) is 1. The number of carbonyl (C=O) groups excluding carboxylic acids is 2. The molecule has 2 heterocycles. The minimum absolute atomic E-state index is 0.132. The highest BCUT2D eigenvalue weighted by molar-refractivity contribution is 6.31. The third-order valence-corrected chi connectivity index (χ3v) is 5.33. The molecule has 1 aromatic heterocycles. The predicted octanol–water partition coefficient (Wildman–Crippen LogP) is 4.28. The zero-order valence-electron chi connectivity index (χ0n) is 15.9. The topological polar surface area (TPSA) is 54.3 Å². The fourth-order valence-electron chi connectivity index (χ4n) is 3.98. The molecule has 0 unspecified atom stereocenters. The zero-order chi connectivity index (χ0) is 20.0. The van der Waals surface area contributed by atoms with E-state index in [-0.39, 0.29) is 11.5 Å². The minimum Gasteiger partial charge on any atom is -0.341 e. The molecule has 0 bridgehead atoms. The number of aromatic nitrogens is 1. The van der Waals surface area contributed by atoms with Gasteiger partial charge in [-0.25, -0.2) is 5.01 Å². The van der Waals surface area contributed by atoms with Crippen LogP contribution in [0.25, 0.3) is 27.9 Å². The summed E-state index contributed by atoms with van der Waals surface area (Å²) < 4.78 is 2.27. The number of rotatable bonds is 3. The van der Waals surface area contributed by atoms with Gasteiger partial charge >= 0.3 is 0 Å². The molecule has 3 aromatic carbocycles. The molecule has 1 fully saturated rings. The van der Waals surface area contributed by atoms with Crippen molar-refractivity contribution in [2.45, 2.75) is 13.5 Å². The molecule has 1 aliphatic rings. The molecule has 1 N–H and O–H groups in total. The molecule has 0 saturated carbocycles. The normalized spacial score (nSPS) is 15.6. The van der Waals surface area contributed by atoms with E-state index in [0.29, 0.717) is 5.69 Å². The van der Waals surface area contributed by atoms with Crippen molar-refractivity contribution in [2.24, 2.45) is 0 Å². The summed E-state index contributed by atoms with van der Waals surface area (Å²) in [7, 11) is 0. The largest absolute Gasteiger partial charge is 0.341 e. The summed E-state index contributed by atoms with van der Waals surface area (Å²) in [6.45, 7) is 3.00. The van der Waals surface area contributed by atoms with E-state index in [9.17, 15) is 9.59 Å². The highest BCUT2D eigenvalue weighted by Crippen LogP contribution is 2.30. The van der Waals surface area contributed by atoms with Crippen molar-refractivity contribution < 1.29 is 9.59 Å². The van der Waals surface area contributed by atoms with Crippen LogP contribution < -0.4 is 10.4 Å². The molecule has 5 heteroatoms. The Labute approximate surface area is 167 Å². The lowest BCUT2D eigenvalue weighted by atomic mass is 10.1. The van der Waals surface area contributed by atoms with Crippen LogP contribution in [-0.4, -0.2) is 16.4 Å². The summed E-state index contributed by atoms with van der Waals surface area (Å²) in [6.07, 6.45) is 1.66. The van der Waals surface area contributed by atoms with Gasteiger partial charge in [0.2, 0.25) is 0 Å². The minimum atomic E-state index is -0.394. The van der Waals surface area contributed by atoms with Crippen molar-refractivity contribution in [2.75, 3.05) is 5.01 Å². The molecule has 5 nitrogen and oxygen atoms in total. The molecule has 4 aromatic rings. The number of para-hydroxylation sites is 2. The predicted molar refractivity (Wildman–Crippen MR) is 115 cm³/mol. The molecule has 0 radical (unpaired) electrons. The molecule has 1 saturated heterocycles. The quantitative estimate of drug-likeness (QED) is 0.425. The second kappa shape index (κ2) is 6.63. The zero-order valence-corrected chi connectivity index (χ0v) is 15.9. The number of hydrazine groups is 1. The third kappa shape index (κ3) is 2.70. The molecular formula is C24H19N3O2. The molecule has 5 rings (SSSR count). The first-order chi connectivity index (χ1) is 14.2. The van der Waals surface area contributed by atoms with Gasteiger partial charge in [-0.15, -0.1) is 0 Å². The SMILES string of the molecule is CCn1c2ccccc2c2cc(/C=C3/C(=O)NN(c4ccccc4)C3=O)ccc21. The maximum absolute atomic E-state index is 12.8. The van der Waals surface area contributed by atoms with Gasteiger partial charge in [0, 0.05) is 28.4 Å². The maximum Gasteiger partial charge on any atom is 0.282 e. The average Bonchev–Trinajstić information content (AvgIpc) is 3.23. The van der Waals surface area contributed by atoms with Crippen LogP contribution in [0, 0.1) is 0 Å². The number of hydrogen-bond acceptors (Lipinski definition) is 2. The van der Waals surface area contributed by atoms with Crippen molar-refractivity contribution in [3.63, 3.8) is 0 Å². The fraction of sp³-hybridized carbons (Fsp3) is 0.0833. The Morgan fingerprint density at radius 3 is 2.38 bits per heavy atom. The van der Waals surface area contributed by atoms with Gasteiger partial charge in [-0.3, -0.25) is 15.0 Å². The number of carbonyl (C=O) groups is 2. The number of nitrogens with one attached hydrogen (secondary N) is 1. The van der Waals surface area contributed by atoms with Gasteiger partial charge in [-0.05, 0) is 48.9 Å². The van der Waals surface area contributed by atoms with Gasteiger partial charge in [0.05, 0.1) is 5.69 Å². The lowest BCUT2D eigenvalue weighted by Gasteiger charge is -2.13. The molecule has 142 valence electrons. The first-order valence-corrected chi connectivity index (χ1v) is 9.60. The highest BCUT2D eigenvalue weighted by Gasteiger charge is 2.34. The first kappa shape index (κ1) is 17.3. The van der Waals surface area contributed by atoms with Crippen LogP contribution in [0.5, 0.6) is 0 Å². The highest BCUT2D eigenvalue weighted by atomic mass is 16.2. The summed E-state index contributed by atoms with van der Waals surface area (Å²) >= 11 is 0. The molecule has 0 atom stereocenters. The van der Waals surface area contributed by atoms with Crippen LogP contribution in [0.15, 0.2) is 78.4 Å². The van der Waals surface area contributed by atoms with Crippen LogP contribution in [0.1, 0.15) is 12.5 Å². The Hall–Kier alpha value is -3.86. The van der Waals surface area contributed by atoms with E-state index >= 15 is 0 Å². The van der Waals surface area contributed by atoms with E-state index in [1.54, 1.807) is 18.2 Å². The molecule has 29 heavy (non-hydrogen) atoms. The summed E-state index contributed by atoms with van der Waals surface area (Å²) in [5, 5.41) is 3.57. The Bertz CT molecular complexity index is 1300. The monoisotopic (exact) mass is 381 g/mol. The number of benzene rings is 3. The van der Waals surface area contributed by atoms with Crippen molar-refractivity contribution >= 4 is 45.4 Å². The summed E-state index contributed by atoms with van der Waals surface area (Å²) in [5.74, 6) is -0.743. The maximum atomic E-state index is 12.8. The van der Waals surface area contributed by atoms with Crippen LogP contribution in [0.3, 0.4) is 0 Å². The second-order valence-corrected chi connectivity index (χ2v) is 7.01. The Morgan fingerprint density at radius 2 is 1.59 bits per heavy atom. The number of amides is 2. The number of aryl methyl sites for hydroxylation is 1. The van der Waals surface area contributed by atoms with Crippen molar-refractivity contribution in [1.82, 2.24) is 9.99 Å². The van der Waals surface area contributed by atoms with Gasteiger partial charge in [0.1, 0.15) is 5.57 Å². The molecule has 0 aliphatic carbocycles. The van der Waals surface area contributed by atoms with Gasteiger partial charge in [0.25, 0.3) is 11.8 Å². The van der Waals surface area contributed by atoms with Crippen LogP contribution >= 0.6 is 0 Å². The van der Waals surface area contributed by atoms with E-state index < -0.39 is 5.91 Å². The number of fused-ring (bicyclic) bond motifs is 3. The Balaban J connectivity index is 1.59. The van der Waals surface area contributed by atoms with Crippen LogP contribution in [0.4, 0.5) is 5.69 Å². The van der Waals surface area contributed by atoms with Crippen LogP contribution in [0.2, 0.25) is 0 Å².